The van der Waals surface area contributed by atoms with Gasteiger partial charge in [0.25, 0.3) is 0 Å². The highest BCUT2D eigenvalue weighted by atomic mass is 14.1. The fourth-order valence-electron chi connectivity index (χ4n) is 2.38. The molecule has 0 bridgehead atoms. The summed E-state index contributed by atoms with van der Waals surface area (Å²) >= 11 is 0. The first kappa shape index (κ1) is 9.41. The van der Waals surface area contributed by atoms with Crippen LogP contribution >= 0.6 is 0 Å². The van der Waals surface area contributed by atoms with Gasteiger partial charge in [0.15, 0.2) is 0 Å². The molecule has 0 aromatic heterocycles. The summed E-state index contributed by atoms with van der Waals surface area (Å²) in [5.41, 5.74) is 2.76. The first-order valence-corrected chi connectivity index (χ1v) is 5.72. The van der Waals surface area contributed by atoms with E-state index in [0.29, 0.717) is 5.92 Å². The maximum absolute atomic E-state index is 2.34. The van der Waals surface area contributed by atoms with E-state index in [1.165, 1.54) is 21.6 Å². The summed E-state index contributed by atoms with van der Waals surface area (Å²) in [5, 5.41) is 2.66. The molecule has 1 aliphatic rings. The Hall–Kier alpha value is -1.82. The molecule has 0 spiro atoms. The molecule has 0 saturated carbocycles. The van der Waals surface area contributed by atoms with Gasteiger partial charge in [-0.1, -0.05) is 61.5 Å². The minimum atomic E-state index is 0.482. The molecule has 0 amide bonds. The van der Waals surface area contributed by atoms with E-state index in [2.05, 4.69) is 67.6 Å². The molecule has 0 heterocycles. The lowest BCUT2D eigenvalue weighted by atomic mass is 9.96. The molecule has 0 saturated heterocycles. The van der Waals surface area contributed by atoms with Gasteiger partial charge in [-0.2, -0.15) is 0 Å². The van der Waals surface area contributed by atoms with Gasteiger partial charge in [-0.3, -0.25) is 0 Å². The van der Waals surface area contributed by atoms with E-state index in [4.69, 9.17) is 0 Å². The van der Waals surface area contributed by atoms with Crippen molar-refractivity contribution in [2.24, 2.45) is 0 Å². The number of rotatable bonds is 0. The first-order chi connectivity index (χ1) is 7.84. The van der Waals surface area contributed by atoms with Gasteiger partial charge in [0.2, 0.25) is 0 Å². The molecule has 3 rings (SSSR count). The van der Waals surface area contributed by atoms with Crippen LogP contribution in [0.25, 0.3) is 12.2 Å². The highest BCUT2D eigenvalue weighted by Gasteiger charge is 2.08. The van der Waals surface area contributed by atoms with Crippen LogP contribution < -0.4 is 10.4 Å². The molecule has 16 heavy (non-hydrogen) atoms. The molecule has 2 aromatic rings. The Labute approximate surface area is 95.6 Å². The molecule has 0 fully saturated rings. The third kappa shape index (κ3) is 1.47. The van der Waals surface area contributed by atoms with E-state index >= 15 is 0 Å². The first-order valence-electron chi connectivity index (χ1n) is 5.72. The van der Waals surface area contributed by atoms with Crippen LogP contribution in [0, 0.1) is 0 Å². The highest BCUT2D eigenvalue weighted by Crippen LogP contribution is 2.22. The fourth-order valence-corrected chi connectivity index (χ4v) is 2.38. The molecule has 0 nitrogen and oxygen atoms in total. The van der Waals surface area contributed by atoms with Crippen molar-refractivity contribution in [3.05, 3.63) is 70.1 Å². The number of hydrogen-bond acceptors (Lipinski definition) is 0. The Morgan fingerprint density at radius 2 is 1.50 bits per heavy atom. The normalized spacial score (nSPS) is 17.4. The second-order valence-corrected chi connectivity index (χ2v) is 4.36. The standard InChI is InChI=1S/C16H14/c1-12-10-13-6-2-3-7-14(13)11-15-8-4-5-9-16(12)15/h2-12H,1H3. The van der Waals surface area contributed by atoms with E-state index in [1.807, 2.05) is 0 Å². The van der Waals surface area contributed by atoms with E-state index in [1.54, 1.807) is 0 Å². The van der Waals surface area contributed by atoms with Crippen LogP contribution in [0.5, 0.6) is 0 Å². The maximum Gasteiger partial charge on any atom is 0.000470 e. The molecule has 2 aromatic carbocycles. The molecular weight excluding hydrogens is 192 g/mol. The lowest BCUT2D eigenvalue weighted by Gasteiger charge is -2.08. The van der Waals surface area contributed by atoms with E-state index < -0.39 is 0 Å². The van der Waals surface area contributed by atoms with Crippen molar-refractivity contribution < 1.29 is 0 Å². The van der Waals surface area contributed by atoms with Crippen molar-refractivity contribution >= 4 is 12.2 Å². The van der Waals surface area contributed by atoms with Crippen molar-refractivity contribution in [1.29, 1.82) is 0 Å². The van der Waals surface area contributed by atoms with Crippen LogP contribution in [-0.2, 0) is 0 Å². The second-order valence-electron chi connectivity index (χ2n) is 4.36. The Morgan fingerprint density at radius 1 is 0.812 bits per heavy atom. The van der Waals surface area contributed by atoms with Crippen LogP contribution in [-0.4, -0.2) is 0 Å². The van der Waals surface area contributed by atoms with Gasteiger partial charge in [-0.05, 0) is 27.6 Å². The molecule has 1 unspecified atom stereocenters. The number of benzene rings is 2. The van der Waals surface area contributed by atoms with Crippen molar-refractivity contribution in [2.75, 3.05) is 0 Å². The molecular formula is C16H14. The van der Waals surface area contributed by atoms with Crippen molar-refractivity contribution in [2.45, 2.75) is 12.8 Å². The molecule has 1 aliphatic carbocycles. The van der Waals surface area contributed by atoms with Gasteiger partial charge in [-0.15, -0.1) is 0 Å². The average molecular weight is 206 g/mol. The van der Waals surface area contributed by atoms with Gasteiger partial charge in [0.05, 0.1) is 0 Å². The van der Waals surface area contributed by atoms with Gasteiger partial charge >= 0.3 is 0 Å². The molecule has 1 atom stereocenters. The number of fused-ring (bicyclic) bond motifs is 2. The van der Waals surface area contributed by atoms with Gasteiger partial charge in [-0.25, -0.2) is 0 Å². The maximum atomic E-state index is 2.34. The Bertz CT molecular complexity index is 635. The lowest BCUT2D eigenvalue weighted by Crippen LogP contribution is -2.23. The summed E-state index contributed by atoms with van der Waals surface area (Å²) in [7, 11) is 0. The quantitative estimate of drug-likeness (QED) is 0.621. The molecule has 0 radical (unpaired) electrons. The third-order valence-corrected chi connectivity index (χ3v) is 3.22. The number of hydrogen-bond donors (Lipinski definition) is 0. The summed E-state index contributed by atoms with van der Waals surface area (Å²) in [6.07, 6.45) is 4.63. The smallest absolute Gasteiger partial charge is 0.000470 e. The summed E-state index contributed by atoms with van der Waals surface area (Å²) in [6.45, 7) is 2.26. The lowest BCUT2D eigenvalue weighted by molar-refractivity contribution is 1.02. The third-order valence-electron chi connectivity index (χ3n) is 3.22. The van der Waals surface area contributed by atoms with Crippen LogP contribution in [0.4, 0.5) is 0 Å². The fraction of sp³-hybridized carbons (Fsp3) is 0.125. The van der Waals surface area contributed by atoms with Crippen LogP contribution in [0.2, 0.25) is 0 Å². The Balaban J connectivity index is 2.40. The second kappa shape index (κ2) is 3.64. The van der Waals surface area contributed by atoms with E-state index in [9.17, 15) is 0 Å². The summed E-state index contributed by atoms with van der Waals surface area (Å²) in [5.74, 6) is 0.482. The Kier molecular flexibility index (Phi) is 2.14. The van der Waals surface area contributed by atoms with Crippen LogP contribution in [0.3, 0.4) is 0 Å². The zero-order chi connectivity index (χ0) is 11.0. The van der Waals surface area contributed by atoms with Crippen LogP contribution in [0.15, 0.2) is 48.5 Å². The summed E-state index contributed by atoms with van der Waals surface area (Å²) < 4.78 is 0. The molecule has 78 valence electrons. The SMILES string of the molecule is CC1C=c2ccccc2=Cc2ccccc21. The monoisotopic (exact) mass is 206 g/mol. The Morgan fingerprint density at radius 3 is 2.38 bits per heavy atom. The average Bonchev–Trinajstić information content (AvgIpc) is 2.45. The van der Waals surface area contributed by atoms with Gasteiger partial charge < -0.3 is 0 Å². The van der Waals surface area contributed by atoms with Crippen molar-refractivity contribution in [3.63, 3.8) is 0 Å². The van der Waals surface area contributed by atoms with Crippen molar-refractivity contribution in [3.8, 4) is 0 Å². The predicted octanol–water partition coefficient (Wildman–Crippen LogP) is 2.41. The van der Waals surface area contributed by atoms with E-state index in [0.717, 1.165) is 0 Å². The summed E-state index contributed by atoms with van der Waals surface area (Å²) in [4.78, 5) is 0. The largest absolute Gasteiger partial charge is 0.0694 e. The molecule has 0 heteroatoms. The molecule has 0 N–H and O–H groups in total. The molecule has 0 aliphatic heterocycles. The zero-order valence-corrected chi connectivity index (χ0v) is 9.35. The highest BCUT2D eigenvalue weighted by molar-refractivity contribution is 5.60. The zero-order valence-electron chi connectivity index (χ0n) is 9.35. The topological polar surface area (TPSA) is 0 Å². The predicted molar refractivity (Wildman–Crippen MR) is 68.6 cm³/mol. The minimum Gasteiger partial charge on any atom is -0.0694 e. The summed E-state index contributed by atoms with van der Waals surface area (Å²) in [6, 6.07) is 17.2. The minimum absolute atomic E-state index is 0.482. The van der Waals surface area contributed by atoms with Crippen molar-refractivity contribution in [1.82, 2.24) is 0 Å². The van der Waals surface area contributed by atoms with Gasteiger partial charge in [0, 0.05) is 5.92 Å². The van der Waals surface area contributed by atoms with E-state index in [-0.39, 0.29) is 0 Å². The van der Waals surface area contributed by atoms with Gasteiger partial charge in [0.1, 0.15) is 0 Å². The van der Waals surface area contributed by atoms with Crippen LogP contribution in [0.1, 0.15) is 24.0 Å².